The van der Waals surface area contributed by atoms with Crippen molar-refractivity contribution in [1.29, 1.82) is 0 Å². The second-order valence-corrected chi connectivity index (χ2v) is 4.63. The fourth-order valence-electron chi connectivity index (χ4n) is 2.34. The molecule has 0 spiro atoms. The zero-order chi connectivity index (χ0) is 15.8. The van der Waals surface area contributed by atoms with Crippen LogP contribution in [0.15, 0.2) is 23.3 Å². The van der Waals surface area contributed by atoms with E-state index in [9.17, 15) is 0 Å². The first kappa shape index (κ1) is 23.6. The van der Waals surface area contributed by atoms with Crippen LogP contribution in [-0.2, 0) is 0 Å². The second-order valence-electron chi connectivity index (χ2n) is 4.63. The summed E-state index contributed by atoms with van der Waals surface area (Å²) in [6, 6.07) is 0. The minimum atomic E-state index is 0.713. The van der Waals surface area contributed by atoms with E-state index in [-0.39, 0.29) is 0 Å². The maximum absolute atomic E-state index is 4.33. The smallest absolute Gasteiger partial charge is 0.0165 e. The third-order valence-corrected chi connectivity index (χ3v) is 3.11. The quantitative estimate of drug-likeness (QED) is 0.418. The first-order chi connectivity index (χ1) is 9.08. The molecule has 0 saturated carbocycles. The van der Waals surface area contributed by atoms with Gasteiger partial charge in [-0.3, -0.25) is 0 Å². The van der Waals surface area contributed by atoms with E-state index in [0.29, 0.717) is 5.92 Å². The van der Waals surface area contributed by atoms with E-state index in [1.165, 1.54) is 42.4 Å². The summed E-state index contributed by atoms with van der Waals surface area (Å²) in [7, 11) is 0. The van der Waals surface area contributed by atoms with Crippen molar-refractivity contribution >= 4 is 0 Å². The molecule has 19 heavy (non-hydrogen) atoms. The van der Waals surface area contributed by atoms with Gasteiger partial charge in [-0.25, -0.2) is 0 Å². The molecule has 0 radical (unpaired) electrons. The highest BCUT2D eigenvalue weighted by atomic mass is 14.2. The minimum Gasteiger partial charge on any atom is -0.0953 e. The Balaban J connectivity index is -0.000000579. The largest absolute Gasteiger partial charge is 0.0953 e. The van der Waals surface area contributed by atoms with Crippen molar-refractivity contribution < 1.29 is 0 Å². The van der Waals surface area contributed by atoms with Gasteiger partial charge in [0.1, 0.15) is 0 Å². The van der Waals surface area contributed by atoms with Crippen LogP contribution >= 0.6 is 0 Å². The standard InChI is InChI=1S/C15H28.2C2H6/c1-7-10-14(11-8-2)13(6)15(9-3)12(4)5;2*1-2/h14H,6-11H2,1-5H3;2*1-2H3. The van der Waals surface area contributed by atoms with Gasteiger partial charge in [-0.15, -0.1) is 0 Å². The molecule has 0 unspecified atom stereocenters. The van der Waals surface area contributed by atoms with Crippen molar-refractivity contribution in [3.8, 4) is 0 Å². The fourth-order valence-corrected chi connectivity index (χ4v) is 2.34. The van der Waals surface area contributed by atoms with Crippen LogP contribution < -0.4 is 0 Å². The summed E-state index contributed by atoms with van der Waals surface area (Å²) in [4.78, 5) is 0. The zero-order valence-corrected chi connectivity index (χ0v) is 15.3. The number of allylic oxidation sites excluding steroid dienone is 3. The molecule has 0 heterocycles. The molecule has 0 bridgehead atoms. The Bertz CT molecular complexity index is 210. The summed E-state index contributed by atoms with van der Waals surface area (Å²) in [5.74, 6) is 0.713. The lowest BCUT2D eigenvalue weighted by molar-refractivity contribution is 0.507. The molecule has 0 amide bonds. The number of hydrogen-bond acceptors (Lipinski definition) is 0. The van der Waals surface area contributed by atoms with Gasteiger partial charge >= 0.3 is 0 Å². The van der Waals surface area contributed by atoms with Gasteiger partial charge in [0.2, 0.25) is 0 Å². The van der Waals surface area contributed by atoms with Crippen LogP contribution in [0.25, 0.3) is 0 Å². The molecule has 0 saturated heterocycles. The van der Waals surface area contributed by atoms with E-state index in [0.717, 1.165) is 6.42 Å². The molecule has 0 aromatic carbocycles. The summed E-state index contributed by atoms with van der Waals surface area (Å²) < 4.78 is 0. The van der Waals surface area contributed by atoms with Gasteiger partial charge in [-0.1, -0.05) is 73.5 Å². The SMILES string of the molecule is C=C(C(CC)=C(C)C)C(CCC)CCC.CC.CC. The van der Waals surface area contributed by atoms with Crippen LogP contribution in [-0.4, -0.2) is 0 Å². The van der Waals surface area contributed by atoms with E-state index in [1.807, 2.05) is 27.7 Å². The topological polar surface area (TPSA) is 0 Å². The molecule has 0 nitrogen and oxygen atoms in total. The lowest BCUT2D eigenvalue weighted by atomic mass is 9.84. The van der Waals surface area contributed by atoms with E-state index >= 15 is 0 Å². The lowest BCUT2D eigenvalue weighted by Gasteiger charge is -2.21. The Morgan fingerprint density at radius 2 is 1.21 bits per heavy atom. The monoisotopic (exact) mass is 268 g/mol. The van der Waals surface area contributed by atoms with Gasteiger partial charge in [0, 0.05) is 0 Å². The van der Waals surface area contributed by atoms with Crippen LogP contribution in [0.3, 0.4) is 0 Å². The van der Waals surface area contributed by atoms with Gasteiger partial charge in [-0.05, 0) is 50.2 Å². The molecule has 0 aliphatic heterocycles. The predicted molar refractivity (Wildman–Crippen MR) is 93.8 cm³/mol. The summed E-state index contributed by atoms with van der Waals surface area (Å²) >= 11 is 0. The third kappa shape index (κ3) is 11.0. The normalized spacial score (nSPS) is 8.95. The maximum Gasteiger partial charge on any atom is -0.0165 e. The molecule has 0 rings (SSSR count). The molecular weight excluding hydrogens is 228 g/mol. The molecule has 0 aromatic rings. The first-order valence-electron chi connectivity index (χ1n) is 8.43. The van der Waals surface area contributed by atoms with Crippen molar-refractivity contribution in [2.75, 3.05) is 0 Å². The lowest BCUT2D eigenvalue weighted by Crippen LogP contribution is -2.06. The van der Waals surface area contributed by atoms with Gasteiger partial charge in [-0.2, -0.15) is 0 Å². The van der Waals surface area contributed by atoms with E-state index in [4.69, 9.17) is 0 Å². The summed E-state index contributed by atoms with van der Waals surface area (Å²) in [5, 5.41) is 0. The van der Waals surface area contributed by atoms with Crippen LogP contribution in [0.4, 0.5) is 0 Å². The molecule has 0 fully saturated rings. The van der Waals surface area contributed by atoms with E-state index in [2.05, 4.69) is 41.2 Å². The molecule has 0 atom stereocenters. The highest BCUT2D eigenvalue weighted by molar-refractivity contribution is 5.33. The second kappa shape index (κ2) is 17.5. The Morgan fingerprint density at radius 1 is 0.842 bits per heavy atom. The summed E-state index contributed by atoms with van der Waals surface area (Å²) in [6.07, 6.45) is 6.25. The Labute approximate surface area is 124 Å². The molecular formula is C19H40. The predicted octanol–water partition coefficient (Wildman–Crippen LogP) is 7.56. The van der Waals surface area contributed by atoms with Gasteiger partial charge < -0.3 is 0 Å². The van der Waals surface area contributed by atoms with Gasteiger partial charge in [0.25, 0.3) is 0 Å². The number of hydrogen-bond donors (Lipinski definition) is 0. The van der Waals surface area contributed by atoms with Crippen LogP contribution in [0.2, 0.25) is 0 Å². The molecule has 0 N–H and O–H groups in total. The fraction of sp³-hybridized carbons (Fsp3) is 0.789. The zero-order valence-electron chi connectivity index (χ0n) is 15.3. The molecule has 0 aromatic heterocycles. The average molecular weight is 269 g/mol. The average Bonchev–Trinajstić information content (AvgIpc) is 2.43. The van der Waals surface area contributed by atoms with Crippen molar-refractivity contribution in [3.63, 3.8) is 0 Å². The van der Waals surface area contributed by atoms with Crippen molar-refractivity contribution in [1.82, 2.24) is 0 Å². The summed E-state index contributed by atoms with van der Waals surface area (Å²) in [6.45, 7) is 23.5. The Kier molecular flexibility index (Phi) is 21.7. The molecule has 0 aliphatic carbocycles. The van der Waals surface area contributed by atoms with Crippen molar-refractivity contribution in [2.24, 2.45) is 5.92 Å². The van der Waals surface area contributed by atoms with Crippen LogP contribution in [0.1, 0.15) is 94.4 Å². The Hall–Kier alpha value is -0.520. The Morgan fingerprint density at radius 3 is 1.42 bits per heavy atom. The minimum absolute atomic E-state index is 0.713. The van der Waals surface area contributed by atoms with Crippen LogP contribution in [0.5, 0.6) is 0 Å². The number of rotatable bonds is 7. The van der Waals surface area contributed by atoms with E-state index < -0.39 is 0 Å². The van der Waals surface area contributed by atoms with E-state index in [1.54, 1.807) is 0 Å². The van der Waals surface area contributed by atoms with Crippen molar-refractivity contribution in [2.45, 2.75) is 94.4 Å². The van der Waals surface area contributed by atoms with Gasteiger partial charge in [0.15, 0.2) is 0 Å². The van der Waals surface area contributed by atoms with Gasteiger partial charge in [0.05, 0.1) is 0 Å². The molecule has 116 valence electrons. The highest BCUT2D eigenvalue weighted by Gasteiger charge is 2.14. The van der Waals surface area contributed by atoms with Crippen molar-refractivity contribution in [3.05, 3.63) is 23.3 Å². The third-order valence-electron chi connectivity index (χ3n) is 3.11. The molecule has 0 aliphatic rings. The highest BCUT2D eigenvalue weighted by Crippen LogP contribution is 2.30. The summed E-state index contributed by atoms with van der Waals surface area (Å²) in [5.41, 5.74) is 4.35. The first-order valence-corrected chi connectivity index (χ1v) is 8.43. The molecule has 0 heteroatoms. The maximum atomic E-state index is 4.33. The van der Waals surface area contributed by atoms with Crippen LogP contribution in [0, 0.1) is 5.92 Å².